The predicted molar refractivity (Wildman–Crippen MR) is 67.4 cm³/mol. The first-order chi connectivity index (χ1) is 7.86. The lowest BCUT2D eigenvalue weighted by Crippen LogP contribution is -2.29. The highest BCUT2D eigenvalue weighted by molar-refractivity contribution is 7.89. The zero-order valence-electron chi connectivity index (χ0n) is 10.4. The molecule has 1 unspecified atom stereocenters. The third-order valence-electron chi connectivity index (χ3n) is 2.72. The van der Waals surface area contributed by atoms with Gasteiger partial charge in [0.15, 0.2) is 0 Å². The van der Waals surface area contributed by atoms with Gasteiger partial charge in [-0.25, -0.2) is 13.1 Å². The molecule has 0 saturated heterocycles. The van der Waals surface area contributed by atoms with E-state index in [-0.39, 0.29) is 24.0 Å². The Kier molecular flexibility index (Phi) is 4.68. The molecule has 0 fully saturated rings. The highest BCUT2D eigenvalue weighted by atomic mass is 32.2. The fourth-order valence-electron chi connectivity index (χ4n) is 1.28. The third kappa shape index (κ3) is 3.80. The summed E-state index contributed by atoms with van der Waals surface area (Å²) in [6, 6.07) is 5.04. The van der Waals surface area contributed by atoms with Crippen LogP contribution < -0.4 is 4.72 Å². The maximum atomic E-state index is 11.9. The molecule has 2 N–H and O–H groups in total. The van der Waals surface area contributed by atoms with Gasteiger partial charge in [0.1, 0.15) is 0 Å². The minimum absolute atomic E-state index is 0.0323. The molecule has 1 aromatic rings. The van der Waals surface area contributed by atoms with Crippen molar-refractivity contribution >= 4 is 10.0 Å². The summed E-state index contributed by atoms with van der Waals surface area (Å²) >= 11 is 0. The zero-order valence-corrected chi connectivity index (χ0v) is 11.2. The van der Waals surface area contributed by atoms with Crippen LogP contribution in [0.15, 0.2) is 23.1 Å². The smallest absolute Gasteiger partial charge is 0.240 e. The Bertz CT molecular complexity index is 483. The lowest BCUT2D eigenvalue weighted by atomic mass is 10.1. The van der Waals surface area contributed by atoms with Crippen molar-refractivity contribution in [1.82, 2.24) is 4.72 Å². The molecule has 5 heteroatoms. The number of hydrogen-bond acceptors (Lipinski definition) is 3. The van der Waals surface area contributed by atoms with Gasteiger partial charge in [0.2, 0.25) is 10.0 Å². The SMILES string of the molecule is Cc1ccc(S(=O)(=O)NCC(C)CO)cc1C. The first-order valence-electron chi connectivity index (χ1n) is 5.54. The maximum absolute atomic E-state index is 11.9. The number of aliphatic hydroxyl groups excluding tert-OH is 1. The molecule has 0 bridgehead atoms. The molecule has 1 aromatic carbocycles. The van der Waals surface area contributed by atoms with Gasteiger partial charge < -0.3 is 5.11 Å². The molecule has 1 atom stereocenters. The van der Waals surface area contributed by atoms with Crippen LogP contribution in [0.3, 0.4) is 0 Å². The molecule has 0 spiro atoms. The van der Waals surface area contributed by atoms with Crippen LogP contribution in [-0.4, -0.2) is 26.7 Å². The third-order valence-corrected chi connectivity index (χ3v) is 4.14. The summed E-state index contributed by atoms with van der Waals surface area (Å²) in [4.78, 5) is 0.269. The Hall–Kier alpha value is -0.910. The van der Waals surface area contributed by atoms with E-state index in [1.807, 2.05) is 13.8 Å². The molecule has 0 radical (unpaired) electrons. The molecule has 0 amide bonds. The second kappa shape index (κ2) is 5.62. The standard InChI is InChI=1S/C12H19NO3S/c1-9(8-14)7-13-17(15,16)12-5-4-10(2)11(3)6-12/h4-6,9,13-14H,7-8H2,1-3H3. The zero-order chi connectivity index (χ0) is 13.1. The van der Waals surface area contributed by atoms with Gasteiger partial charge in [-0.2, -0.15) is 0 Å². The Morgan fingerprint density at radius 1 is 1.29 bits per heavy atom. The minimum atomic E-state index is -3.47. The topological polar surface area (TPSA) is 66.4 Å². The largest absolute Gasteiger partial charge is 0.396 e. The Morgan fingerprint density at radius 3 is 2.47 bits per heavy atom. The maximum Gasteiger partial charge on any atom is 0.240 e. The van der Waals surface area contributed by atoms with Gasteiger partial charge in [-0.3, -0.25) is 0 Å². The molecule has 4 nitrogen and oxygen atoms in total. The Balaban J connectivity index is 2.86. The number of sulfonamides is 1. The average Bonchev–Trinajstić information content (AvgIpc) is 2.29. The van der Waals surface area contributed by atoms with Crippen LogP contribution in [0.25, 0.3) is 0 Å². The van der Waals surface area contributed by atoms with Crippen LogP contribution in [0.2, 0.25) is 0 Å². The van der Waals surface area contributed by atoms with Crippen molar-refractivity contribution in [2.75, 3.05) is 13.2 Å². The van der Waals surface area contributed by atoms with Gasteiger partial charge in [0.25, 0.3) is 0 Å². The first kappa shape index (κ1) is 14.2. The lowest BCUT2D eigenvalue weighted by Gasteiger charge is -2.11. The molecule has 0 aliphatic rings. The van der Waals surface area contributed by atoms with Gasteiger partial charge in [0.05, 0.1) is 4.90 Å². The van der Waals surface area contributed by atoms with E-state index in [0.29, 0.717) is 0 Å². The van der Waals surface area contributed by atoms with Crippen molar-refractivity contribution in [2.45, 2.75) is 25.7 Å². The fraction of sp³-hybridized carbons (Fsp3) is 0.500. The first-order valence-corrected chi connectivity index (χ1v) is 7.03. The van der Waals surface area contributed by atoms with Gasteiger partial charge in [-0.05, 0) is 43.0 Å². The van der Waals surface area contributed by atoms with Crippen LogP contribution in [0.4, 0.5) is 0 Å². The number of aliphatic hydroxyl groups is 1. The molecule has 96 valence electrons. The lowest BCUT2D eigenvalue weighted by molar-refractivity contribution is 0.238. The number of nitrogens with one attached hydrogen (secondary N) is 1. The molecular formula is C12H19NO3S. The van der Waals surface area contributed by atoms with Crippen LogP contribution in [-0.2, 0) is 10.0 Å². The van der Waals surface area contributed by atoms with Crippen LogP contribution >= 0.6 is 0 Å². The summed E-state index contributed by atoms with van der Waals surface area (Å²) in [6.07, 6.45) is 0. The van der Waals surface area contributed by atoms with E-state index in [2.05, 4.69) is 4.72 Å². The molecule has 1 rings (SSSR count). The molecule has 0 aliphatic heterocycles. The summed E-state index contributed by atoms with van der Waals surface area (Å²) in [7, 11) is -3.47. The highest BCUT2D eigenvalue weighted by Gasteiger charge is 2.15. The van der Waals surface area contributed by atoms with Crippen molar-refractivity contribution in [2.24, 2.45) is 5.92 Å². The van der Waals surface area contributed by atoms with E-state index in [1.54, 1.807) is 25.1 Å². The summed E-state index contributed by atoms with van der Waals surface area (Å²) in [5.41, 5.74) is 2.01. The quantitative estimate of drug-likeness (QED) is 0.833. The average molecular weight is 257 g/mol. The molecule has 0 heterocycles. The van der Waals surface area contributed by atoms with Crippen LogP contribution in [0, 0.1) is 19.8 Å². The van der Waals surface area contributed by atoms with Crippen molar-refractivity contribution in [1.29, 1.82) is 0 Å². The monoisotopic (exact) mass is 257 g/mol. The van der Waals surface area contributed by atoms with Crippen molar-refractivity contribution in [3.63, 3.8) is 0 Å². The molecule has 0 aromatic heterocycles. The van der Waals surface area contributed by atoms with Gasteiger partial charge >= 0.3 is 0 Å². The van der Waals surface area contributed by atoms with Crippen molar-refractivity contribution in [3.05, 3.63) is 29.3 Å². The van der Waals surface area contributed by atoms with E-state index in [9.17, 15) is 8.42 Å². The van der Waals surface area contributed by atoms with Gasteiger partial charge in [0, 0.05) is 13.2 Å². The summed E-state index contributed by atoms with van der Waals surface area (Å²) < 4.78 is 26.3. The van der Waals surface area contributed by atoms with Crippen LogP contribution in [0.5, 0.6) is 0 Å². The number of hydrogen-bond donors (Lipinski definition) is 2. The van der Waals surface area contributed by atoms with Crippen molar-refractivity contribution in [3.8, 4) is 0 Å². The molecular weight excluding hydrogens is 238 g/mol. The predicted octanol–water partition coefficient (Wildman–Crippen LogP) is 1.21. The van der Waals surface area contributed by atoms with Crippen LogP contribution in [0.1, 0.15) is 18.1 Å². The Morgan fingerprint density at radius 2 is 1.94 bits per heavy atom. The van der Waals surface area contributed by atoms with E-state index in [0.717, 1.165) is 11.1 Å². The normalized spacial score (nSPS) is 13.6. The van der Waals surface area contributed by atoms with E-state index in [1.165, 1.54) is 0 Å². The number of aryl methyl sites for hydroxylation is 2. The van der Waals surface area contributed by atoms with Gasteiger partial charge in [-0.1, -0.05) is 13.0 Å². The number of benzene rings is 1. The van der Waals surface area contributed by atoms with Crippen molar-refractivity contribution < 1.29 is 13.5 Å². The van der Waals surface area contributed by atoms with Gasteiger partial charge in [-0.15, -0.1) is 0 Å². The second-order valence-corrected chi connectivity index (χ2v) is 6.15. The summed E-state index contributed by atoms with van der Waals surface area (Å²) in [5.74, 6) is -0.0867. The second-order valence-electron chi connectivity index (χ2n) is 4.39. The minimum Gasteiger partial charge on any atom is -0.396 e. The number of rotatable bonds is 5. The molecule has 0 saturated carbocycles. The van der Waals surface area contributed by atoms with E-state index < -0.39 is 10.0 Å². The fourth-order valence-corrected chi connectivity index (χ4v) is 2.53. The highest BCUT2D eigenvalue weighted by Crippen LogP contribution is 2.14. The molecule has 17 heavy (non-hydrogen) atoms. The summed E-state index contributed by atoms with van der Waals surface area (Å²) in [6.45, 7) is 5.81. The molecule has 0 aliphatic carbocycles. The van der Waals surface area contributed by atoms with E-state index in [4.69, 9.17) is 5.11 Å². The van der Waals surface area contributed by atoms with E-state index >= 15 is 0 Å². The Labute approximate surface area is 103 Å². The summed E-state index contributed by atoms with van der Waals surface area (Å²) in [5, 5.41) is 8.85.